The quantitative estimate of drug-likeness (QED) is 0.867. The molecule has 1 aromatic rings. The molecule has 1 atom stereocenters. The zero-order chi connectivity index (χ0) is 17.7. The summed E-state index contributed by atoms with van der Waals surface area (Å²) in [7, 11) is -3.50. The number of piperidine rings is 1. The highest BCUT2D eigenvalue weighted by molar-refractivity contribution is 7.93. The lowest BCUT2D eigenvalue weighted by molar-refractivity contribution is -0.133. The van der Waals surface area contributed by atoms with E-state index in [1.807, 2.05) is 6.07 Å². The molecule has 0 aliphatic carbocycles. The minimum Gasteiger partial charge on any atom is -0.381 e. The zero-order valence-electron chi connectivity index (χ0n) is 14.4. The van der Waals surface area contributed by atoms with Gasteiger partial charge in [-0.05, 0) is 43.7 Å². The van der Waals surface area contributed by atoms with Crippen molar-refractivity contribution in [2.24, 2.45) is 5.92 Å². The maximum absolute atomic E-state index is 12.6. The van der Waals surface area contributed by atoms with Gasteiger partial charge in [0.15, 0.2) is 0 Å². The van der Waals surface area contributed by atoms with Gasteiger partial charge in [0.1, 0.15) is 0 Å². The summed E-state index contributed by atoms with van der Waals surface area (Å²) in [6.07, 6.45) is 3.64. The molecule has 0 spiro atoms. The van der Waals surface area contributed by atoms with Gasteiger partial charge in [-0.2, -0.15) is 0 Å². The minimum atomic E-state index is -3.50. The number of rotatable bonds is 5. The SMILES string of the molecule is O=C(CC1CCOCC1)N1CCC[C@@H](S(=O)(=O)Nc2ccccc2)C1. The van der Waals surface area contributed by atoms with Crippen molar-refractivity contribution in [2.75, 3.05) is 31.0 Å². The summed E-state index contributed by atoms with van der Waals surface area (Å²) in [4.78, 5) is 14.3. The number of para-hydroxylation sites is 1. The summed E-state index contributed by atoms with van der Waals surface area (Å²) in [5, 5.41) is -0.555. The molecule has 0 radical (unpaired) electrons. The summed E-state index contributed by atoms with van der Waals surface area (Å²) in [5.74, 6) is 0.437. The van der Waals surface area contributed by atoms with Gasteiger partial charge in [-0.1, -0.05) is 18.2 Å². The molecular formula is C18H26N2O4S. The number of anilines is 1. The number of carbonyl (C=O) groups excluding carboxylic acids is 1. The van der Waals surface area contributed by atoms with Crippen LogP contribution in [0.5, 0.6) is 0 Å². The zero-order valence-corrected chi connectivity index (χ0v) is 15.2. The standard InChI is InChI=1S/C18H26N2O4S/c21-18(13-15-8-11-24-12-9-15)20-10-4-7-17(14-20)25(22,23)19-16-5-2-1-3-6-16/h1-3,5-6,15,17,19H,4,7-14H2/t17-/m1/s1. The van der Waals surface area contributed by atoms with E-state index >= 15 is 0 Å². The summed E-state index contributed by atoms with van der Waals surface area (Å²) >= 11 is 0. The Balaban J connectivity index is 1.59. The number of benzene rings is 1. The second kappa shape index (κ2) is 8.19. The molecule has 0 saturated carbocycles. The van der Waals surface area contributed by atoms with Gasteiger partial charge in [0, 0.05) is 38.4 Å². The van der Waals surface area contributed by atoms with E-state index in [2.05, 4.69) is 4.72 Å². The van der Waals surface area contributed by atoms with Crippen molar-refractivity contribution in [1.82, 2.24) is 4.90 Å². The minimum absolute atomic E-state index is 0.0755. The summed E-state index contributed by atoms with van der Waals surface area (Å²) in [6, 6.07) is 8.89. The van der Waals surface area contributed by atoms with Crippen LogP contribution in [0.15, 0.2) is 30.3 Å². The van der Waals surface area contributed by atoms with Crippen molar-refractivity contribution in [3.63, 3.8) is 0 Å². The highest BCUT2D eigenvalue weighted by atomic mass is 32.2. The molecule has 138 valence electrons. The van der Waals surface area contributed by atoms with Crippen LogP contribution in [0, 0.1) is 5.92 Å². The van der Waals surface area contributed by atoms with E-state index in [1.54, 1.807) is 29.2 Å². The molecule has 25 heavy (non-hydrogen) atoms. The summed E-state index contributed by atoms with van der Waals surface area (Å²) in [6.45, 7) is 2.37. The molecule has 2 saturated heterocycles. The Kier molecular flexibility index (Phi) is 5.96. The third-order valence-electron chi connectivity index (χ3n) is 5.01. The highest BCUT2D eigenvalue weighted by Gasteiger charge is 2.33. The molecule has 0 unspecified atom stereocenters. The van der Waals surface area contributed by atoms with Crippen molar-refractivity contribution < 1.29 is 17.9 Å². The van der Waals surface area contributed by atoms with E-state index in [4.69, 9.17) is 4.74 Å². The molecule has 2 heterocycles. The van der Waals surface area contributed by atoms with Crippen molar-refractivity contribution in [3.05, 3.63) is 30.3 Å². The molecule has 0 aromatic heterocycles. The van der Waals surface area contributed by atoms with Crippen molar-refractivity contribution in [3.8, 4) is 0 Å². The van der Waals surface area contributed by atoms with Crippen molar-refractivity contribution >= 4 is 21.6 Å². The predicted molar refractivity (Wildman–Crippen MR) is 96.7 cm³/mol. The fourth-order valence-electron chi connectivity index (χ4n) is 3.50. The molecule has 1 N–H and O–H groups in total. The Hall–Kier alpha value is -1.60. The maximum Gasteiger partial charge on any atom is 0.237 e. The lowest BCUT2D eigenvalue weighted by Gasteiger charge is -2.34. The van der Waals surface area contributed by atoms with E-state index < -0.39 is 15.3 Å². The Bertz CT molecular complexity index is 672. The number of hydrogen-bond acceptors (Lipinski definition) is 4. The van der Waals surface area contributed by atoms with Gasteiger partial charge in [-0.3, -0.25) is 9.52 Å². The third-order valence-corrected chi connectivity index (χ3v) is 6.79. The number of ether oxygens (including phenoxy) is 1. The van der Waals surface area contributed by atoms with Gasteiger partial charge in [0.2, 0.25) is 15.9 Å². The van der Waals surface area contributed by atoms with Crippen LogP contribution in [0.3, 0.4) is 0 Å². The highest BCUT2D eigenvalue weighted by Crippen LogP contribution is 2.23. The van der Waals surface area contributed by atoms with Gasteiger partial charge in [-0.25, -0.2) is 8.42 Å². The van der Waals surface area contributed by atoms with Crippen LogP contribution in [0.25, 0.3) is 0 Å². The number of nitrogens with one attached hydrogen (secondary N) is 1. The molecule has 6 nitrogen and oxygen atoms in total. The lowest BCUT2D eigenvalue weighted by atomic mass is 9.95. The largest absolute Gasteiger partial charge is 0.381 e. The first-order valence-corrected chi connectivity index (χ1v) is 10.5. The number of amides is 1. The summed E-state index contributed by atoms with van der Waals surface area (Å²) in [5.41, 5.74) is 0.563. The summed E-state index contributed by atoms with van der Waals surface area (Å²) < 4.78 is 33.3. The smallest absolute Gasteiger partial charge is 0.237 e. The molecule has 2 fully saturated rings. The van der Waals surface area contributed by atoms with Gasteiger partial charge < -0.3 is 9.64 Å². The number of sulfonamides is 1. The third kappa shape index (κ3) is 4.95. The maximum atomic E-state index is 12.6. The van der Waals surface area contributed by atoms with Crippen LogP contribution < -0.4 is 4.72 Å². The van der Waals surface area contributed by atoms with E-state index in [9.17, 15) is 13.2 Å². The van der Waals surface area contributed by atoms with Crippen LogP contribution in [0.2, 0.25) is 0 Å². The van der Waals surface area contributed by atoms with Gasteiger partial charge >= 0.3 is 0 Å². The van der Waals surface area contributed by atoms with Gasteiger partial charge in [0.25, 0.3) is 0 Å². The fourth-order valence-corrected chi connectivity index (χ4v) is 4.98. The molecule has 7 heteroatoms. The molecule has 1 amide bonds. The second-order valence-corrected chi connectivity index (χ2v) is 8.84. The Morgan fingerprint density at radius 1 is 1.16 bits per heavy atom. The molecule has 2 aliphatic rings. The molecule has 3 rings (SSSR count). The normalized spacial score (nSPS) is 22.6. The van der Waals surface area contributed by atoms with Crippen molar-refractivity contribution in [1.29, 1.82) is 0 Å². The van der Waals surface area contributed by atoms with Gasteiger partial charge in [0.05, 0.1) is 5.25 Å². The number of carbonyl (C=O) groups is 1. The fraction of sp³-hybridized carbons (Fsp3) is 0.611. The second-order valence-electron chi connectivity index (χ2n) is 6.88. The molecule has 2 aliphatic heterocycles. The van der Waals surface area contributed by atoms with Crippen molar-refractivity contribution in [2.45, 2.75) is 37.4 Å². The van der Waals surface area contributed by atoms with E-state index in [1.165, 1.54) is 0 Å². The Labute approximate surface area is 149 Å². The number of hydrogen-bond donors (Lipinski definition) is 1. The predicted octanol–water partition coefficient (Wildman–Crippen LogP) is 2.24. The van der Waals surface area contributed by atoms with Gasteiger partial charge in [-0.15, -0.1) is 0 Å². The molecule has 1 aromatic carbocycles. The van der Waals surface area contributed by atoms with E-state index in [0.29, 0.717) is 31.0 Å². The monoisotopic (exact) mass is 366 g/mol. The topological polar surface area (TPSA) is 75.7 Å². The van der Waals surface area contributed by atoms with Crippen LogP contribution in [-0.4, -0.2) is 50.8 Å². The van der Waals surface area contributed by atoms with Crippen LogP contribution in [-0.2, 0) is 19.6 Å². The van der Waals surface area contributed by atoms with E-state index in [-0.39, 0.29) is 12.5 Å². The first-order chi connectivity index (χ1) is 12.0. The Morgan fingerprint density at radius 2 is 1.88 bits per heavy atom. The van der Waals surface area contributed by atoms with Crippen LogP contribution in [0.1, 0.15) is 32.1 Å². The van der Waals surface area contributed by atoms with Crippen LogP contribution in [0.4, 0.5) is 5.69 Å². The average molecular weight is 366 g/mol. The Morgan fingerprint density at radius 3 is 2.60 bits per heavy atom. The number of likely N-dealkylation sites (tertiary alicyclic amines) is 1. The molecular weight excluding hydrogens is 340 g/mol. The first kappa shape index (κ1) is 18.2. The molecule has 0 bridgehead atoms. The first-order valence-electron chi connectivity index (χ1n) is 8.97. The van der Waals surface area contributed by atoms with Crippen LogP contribution >= 0.6 is 0 Å². The lowest BCUT2D eigenvalue weighted by Crippen LogP contribution is -2.47. The average Bonchev–Trinajstić information content (AvgIpc) is 2.63. The number of nitrogens with zero attached hydrogens (tertiary/aromatic N) is 1. The van der Waals surface area contributed by atoms with E-state index in [0.717, 1.165) is 32.5 Å².